The van der Waals surface area contributed by atoms with E-state index in [4.69, 9.17) is 4.74 Å². The van der Waals surface area contributed by atoms with E-state index in [0.29, 0.717) is 5.75 Å². The van der Waals surface area contributed by atoms with E-state index < -0.39 is 0 Å². The lowest BCUT2D eigenvalue weighted by Gasteiger charge is -2.27. The average molecular weight is 263 g/mol. The monoisotopic (exact) mass is 263 g/mol. The van der Waals surface area contributed by atoms with Crippen LogP contribution in [0.4, 0.5) is 0 Å². The Morgan fingerprint density at radius 2 is 1.68 bits per heavy atom. The van der Waals surface area contributed by atoms with Gasteiger partial charge in [-0.1, -0.05) is 39.0 Å². The van der Waals surface area contributed by atoms with Gasteiger partial charge in [-0.3, -0.25) is 4.90 Å². The Hall–Kier alpha value is -1.35. The average Bonchev–Trinajstić information content (AvgIpc) is 2.40. The van der Waals surface area contributed by atoms with Crippen LogP contribution in [0.1, 0.15) is 38.3 Å². The quantitative estimate of drug-likeness (QED) is 0.582. The van der Waals surface area contributed by atoms with Crippen molar-refractivity contribution in [1.82, 2.24) is 4.90 Å². The van der Waals surface area contributed by atoms with Crippen molar-refractivity contribution in [2.45, 2.75) is 47.1 Å². The van der Waals surface area contributed by atoms with E-state index >= 15 is 0 Å². The molecule has 0 aromatic heterocycles. The van der Waals surface area contributed by atoms with Gasteiger partial charge in [0.2, 0.25) is 0 Å². The molecule has 0 radical (unpaired) electrons. The Morgan fingerprint density at radius 3 is 2.11 bits per heavy atom. The van der Waals surface area contributed by atoms with Crippen LogP contribution in [0.25, 0.3) is 0 Å². The SMILES string of the molecule is CCC(C(=O)Oc1c(C)cccc1C)N(CC)CC. The standard InChI is InChI=1S/C16H25NO2/c1-6-14(17(7-2)8-3)16(18)19-15-12(4)10-9-11-13(15)5/h9-11,14H,6-8H2,1-5H3. The van der Waals surface area contributed by atoms with Crippen LogP contribution >= 0.6 is 0 Å². The predicted molar refractivity (Wildman–Crippen MR) is 78.6 cm³/mol. The van der Waals surface area contributed by atoms with Gasteiger partial charge >= 0.3 is 5.97 Å². The van der Waals surface area contributed by atoms with Gasteiger partial charge in [0.15, 0.2) is 0 Å². The molecule has 0 spiro atoms. The van der Waals surface area contributed by atoms with Crippen molar-refractivity contribution in [3.8, 4) is 5.75 Å². The highest BCUT2D eigenvalue weighted by molar-refractivity contribution is 5.78. The Morgan fingerprint density at radius 1 is 1.16 bits per heavy atom. The number of carbonyl (C=O) groups excluding carboxylic acids is 1. The number of nitrogens with zero attached hydrogens (tertiary/aromatic N) is 1. The van der Waals surface area contributed by atoms with Crippen molar-refractivity contribution in [3.63, 3.8) is 0 Å². The van der Waals surface area contributed by atoms with Crippen molar-refractivity contribution in [2.75, 3.05) is 13.1 Å². The lowest BCUT2D eigenvalue weighted by atomic mass is 10.1. The van der Waals surface area contributed by atoms with E-state index in [1.54, 1.807) is 0 Å². The minimum atomic E-state index is -0.158. The maximum atomic E-state index is 12.3. The van der Waals surface area contributed by atoms with Crippen LogP contribution < -0.4 is 4.74 Å². The molecule has 19 heavy (non-hydrogen) atoms. The summed E-state index contributed by atoms with van der Waals surface area (Å²) in [6, 6.07) is 5.75. The van der Waals surface area contributed by atoms with E-state index in [1.807, 2.05) is 39.0 Å². The summed E-state index contributed by atoms with van der Waals surface area (Å²) in [6.45, 7) is 11.8. The lowest BCUT2D eigenvalue weighted by molar-refractivity contribution is -0.140. The maximum absolute atomic E-state index is 12.3. The summed E-state index contributed by atoms with van der Waals surface area (Å²) >= 11 is 0. The molecule has 0 aliphatic heterocycles. The van der Waals surface area contributed by atoms with Gasteiger partial charge < -0.3 is 4.74 Å². The second kappa shape index (κ2) is 7.29. The molecule has 0 heterocycles. The number of hydrogen-bond acceptors (Lipinski definition) is 3. The Bertz CT molecular complexity index is 405. The van der Waals surface area contributed by atoms with Crippen LogP contribution in [0.3, 0.4) is 0 Å². The summed E-state index contributed by atoms with van der Waals surface area (Å²) in [5.41, 5.74) is 2.01. The molecule has 3 heteroatoms. The highest BCUT2D eigenvalue weighted by atomic mass is 16.5. The molecule has 1 aromatic rings. The summed E-state index contributed by atoms with van der Waals surface area (Å²) < 4.78 is 5.63. The zero-order valence-corrected chi connectivity index (χ0v) is 12.7. The number of hydrogen-bond donors (Lipinski definition) is 0. The van der Waals surface area contributed by atoms with Crippen molar-refractivity contribution in [2.24, 2.45) is 0 Å². The van der Waals surface area contributed by atoms with Gasteiger partial charge in [0.1, 0.15) is 11.8 Å². The molecule has 0 aliphatic rings. The molecule has 1 aromatic carbocycles. The zero-order valence-electron chi connectivity index (χ0n) is 12.7. The fourth-order valence-corrected chi connectivity index (χ4v) is 2.37. The van der Waals surface area contributed by atoms with Crippen molar-refractivity contribution in [1.29, 1.82) is 0 Å². The Kier molecular flexibility index (Phi) is 6.03. The van der Waals surface area contributed by atoms with Gasteiger partial charge in [-0.05, 0) is 44.5 Å². The van der Waals surface area contributed by atoms with E-state index in [-0.39, 0.29) is 12.0 Å². The van der Waals surface area contributed by atoms with Crippen LogP contribution in [0.2, 0.25) is 0 Å². The maximum Gasteiger partial charge on any atom is 0.328 e. The highest BCUT2D eigenvalue weighted by Gasteiger charge is 2.24. The first-order valence-electron chi connectivity index (χ1n) is 7.07. The first kappa shape index (κ1) is 15.7. The van der Waals surface area contributed by atoms with Crippen LogP contribution in [-0.2, 0) is 4.79 Å². The number of aryl methyl sites for hydroxylation is 2. The van der Waals surface area contributed by atoms with Crippen molar-refractivity contribution >= 4 is 5.97 Å². The Balaban J connectivity index is 2.88. The molecule has 1 rings (SSSR count). The number of esters is 1. The van der Waals surface area contributed by atoms with Gasteiger partial charge in [0, 0.05) is 0 Å². The molecule has 1 unspecified atom stereocenters. The fourth-order valence-electron chi connectivity index (χ4n) is 2.37. The number of rotatable bonds is 6. The number of para-hydroxylation sites is 1. The number of benzene rings is 1. The summed E-state index contributed by atoms with van der Waals surface area (Å²) in [7, 11) is 0. The molecule has 3 nitrogen and oxygen atoms in total. The van der Waals surface area contributed by atoms with E-state index in [0.717, 1.165) is 30.6 Å². The lowest BCUT2D eigenvalue weighted by Crippen LogP contribution is -2.42. The zero-order chi connectivity index (χ0) is 14.4. The highest BCUT2D eigenvalue weighted by Crippen LogP contribution is 2.23. The molecule has 0 N–H and O–H groups in total. The summed E-state index contributed by atoms with van der Waals surface area (Å²) in [4.78, 5) is 14.5. The Labute approximate surface area is 116 Å². The van der Waals surface area contributed by atoms with Crippen LogP contribution in [-0.4, -0.2) is 30.0 Å². The fraction of sp³-hybridized carbons (Fsp3) is 0.562. The minimum Gasteiger partial charge on any atom is -0.425 e. The minimum absolute atomic E-state index is 0.149. The molecule has 106 valence electrons. The number of carbonyl (C=O) groups is 1. The predicted octanol–water partition coefficient (Wildman–Crippen LogP) is 3.33. The first-order chi connectivity index (χ1) is 9.04. The van der Waals surface area contributed by atoms with Crippen molar-refractivity contribution in [3.05, 3.63) is 29.3 Å². The molecule has 0 amide bonds. The molecule has 0 bridgehead atoms. The van der Waals surface area contributed by atoms with Crippen LogP contribution in [0.5, 0.6) is 5.75 Å². The summed E-state index contributed by atoms with van der Waals surface area (Å²) in [5.74, 6) is 0.557. The van der Waals surface area contributed by atoms with E-state index in [1.165, 1.54) is 0 Å². The van der Waals surface area contributed by atoms with Crippen LogP contribution in [0, 0.1) is 13.8 Å². The molecule has 0 saturated carbocycles. The van der Waals surface area contributed by atoms with Gasteiger partial charge in [-0.2, -0.15) is 0 Å². The normalized spacial score (nSPS) is 12.5. The topological polar surface area (TPSA) is 29.5 Å². The van der Waals surface area contributed by atoms with Gasteiger partial charge in [-0.25, -0.2) is 4.79 Å². The van der Waals surface area contributed by atoms with Crippen molar-refractivity contribution < 1.29 is 9.53 Å². The molecular weight excluding hydrogens is 238 g/mol. The second-order valence-corrected chi connectivity index (χ2v) is 4.79. The molecule has 0 fully saturated rings. The third kappa shape index (κ3) is 3.80. The van der Waals surface area contributed by atoms with Crippen LogP contribution in [0.15, 0.2) is 18.2 Å². The first-order valence-corrected chi connectivity index (χ1v) is 7.07. The molecular formula is C16H25NO2. The third-order valence-corrected chi connectivity index (χ3v) is 3.52. The number of likely N-dealkylation sites (N-methyl/N-ethyl adjacent to an activating group) is 1. The molecule has 1 atom stereocenters. The summed E-state index contributed by atoms with van der Waals surface area (Å²) in [6.07, 6.45) is 0.769. The summed E-state index contributed by atoms with van der Waals surface area (Å²) in [5, 5.41) is 0. The van der Waals surface area contributed by atoms with Gasteiger partial charge in [0.05, 0.1) is 0 Å². The number of ether oxygens (including phenoxy) is 1. The van der Waals surface area contributed by atoms with E-state index in [9.17, 15) is 4.79 Å². The smallest absolute Gasteiger partial charge is 0.328 e. The second-order valence-electron chi connectivity index (χ2n) is 4.79. The van der Waals surface area contributed by atoms with Gasteiger partial charge in [-0.15, -0.1) is 0 Å². The van der Waals surface area contributed by atoms with Gasteiger partial charge in [0.25, 0.3) is 0 Å². The van der Waals surface area contributed by atoms with E-state index in [2.05, 4.69) is 18.7 Å². The largest absolute Gasteiger partial charge is 0.425 e. The molecule has 0 aliphatic carbocycles. The molecule has 0 saturated heterocycles. The third-order valence-electron chi connectivity index (χ3n) is 3.52.